The van der Waals surface area contributed by atoms with Crippen molar-refractivity contribution in [1.29, 1.82) is 0 Å². The summed E-state index contributed by atoms with van der Waals surface area (Å²) in [5.41, 5.74) is 0. The van der Waals surface area contributed by atoms with E-state index in [2.05, 4.69) is 27.7 Å². The molecule has 0 saturated heterocycles. The molecule has 3 unspecified atom stereocenters. The standard InChI is InChI=1S/C11H24O2/c1-6-9(4)11(8(2)3)13-7-10(5)12/h8-12H,6-7H2,1-5H3. The van der Waals surface area contributed by atoms with Crippen LogP contribution in [0.4, 0.5) is 0 Å². The molecule has 0 aliphatic heterocycles. The Bertz CT molecular complexity index is 121. The molecular weight excluding hydrogens is 164 g/mol. The maximum absolute atomic E-state index is 9.11. The second-order valence-corrected chi connectivity index (χ2v) is 4.28. The van der Waals surface area contributed by atoms with Crippen LogP contribution in [0, 0.1) is 11.8 Å². The third-order valence-electron chi connectivity index (χ3n) is 2.39. The number of hydrogen-bond acceptors (Lipinski definition) is 2. The molecule has 0 aromatic heterocycles. The smallest absolute Gasteiger partial charge is 0.0745 e. The van der Waals surface area contributed by atoms with Gasteiger partial charge >= 0.3 is 0 Å². The molecule has 2 heteroatoms. The predicted octanol–water partition coefficient (Wildman–Crippen LogP) is 2.45. The first kappa shape index (κ1) is 12.9. The molecule has 0 amide bonds. The Labute approximate surface area is 82.3 Å². The van der Waals surface area contributed by atoms with Gasteiger partial charge in [-0.2, -0.15) is 0 Å². The van der Waals surface area contributed by atoms with Crippen molar-refractivity contribution >= 4 is 0 Å². The van der Waals surface area contributed by atoms with Crippen molar-refractivity contribution in [3.05, 3.63) is 0 Å². The quantitative estimate of drug-likeness (QED) is 0.694. The fraction of sp³-hybridized carbons (Fsp3) is 1.00. The fourth-order valence-electron chi connectivity index (χ4n) is 1.50. The highest BCUT2D eigenvalue weighted by Gasteiger charge is 2.20. The maximum Gasteiger partial charge on any atom is 0.0745 e. The van der Waals surface area contributed by atoms with Crippen molar-refractivity contribution in [2.24, 2.45) is 11.8 Å². The van der Waals surface area contributed by atoms with Crippen LogP contribution in [0.2, 0.25) is 0 Å². The Morgan fingerprint density at radius 3 is 2.00 bits per heavy atom. The minimum absolute atomic E-state index is 0.277. The first-order valence-electron chi connectivity index (χ1n) is 5.28. The SMILES string of the molecule is CCC(C)C(OCC(C)O)C(C)C. The van der Waals surface area contributed by atoms with E-state index < -0.39 is 0 Å². The van der Waals surface area contributed by atoms with Gasteiger partial charge in [-0.3, -0.25) is 0 Å². The number of aliphatic hydroxyl groups excluding tert-OH is 1. The average molecular weight is 188 g/mol. The Balaban J connectivity index is 3.95. The van der Waals surface area contributed by atoms with Gasteiger partial charge in [0.2, 0.25) is 0 Å². The molecule has 80 valence electrons. The van der Waals surface area contributed by atoms with Crippen LogP contribution in [0.15, 0.2) is 0 Å². The number of ether oxygens (including phenoxy) is 1. The largest absolute Gasteiger partial charge is 0.391 e. The van der Waals surface area contributed by atoms with E-state index in [9.17, 15) is 0 Å². The molecule has 0 heterocycles. The van der Waals surface area contributed by atoms with Crippen molar-refractivity contribution in [1.82, 2.24) is 0 Å². The van der Waals surface area contributed by atoms with Crippen molar-refractivity contribution in [2.45, 2.75) is 53.2 Å². The van der Waals surface area contributed by atoms with Crippen LogP contribution in [0.25, 0.3) is 0 Å². The first-order valence-corrected chi connectivity index (χ1v) is 5.28. The monoisotopic (exact) mass is 188 g/mol. The summed E-state index contributed by atoms with van der Waals surface area (Å²) < 4.78 is 5.67. The van der Waals surface area contributed by atoms with Gasteiger partial charge in [0.25, 0.3) is 0 Å². The molecule has 1 N–H and O–H groups in total. The lowest BCUT2D eigenvalue weighted by Gasteiger charge is -2.27. The van der Waals surface area contributed by atoms with E-state index in [4.69, 9.17) is 9.84 Å². The Hall–Kier alpha value is -0.0800. The molecule has 3 atom stereocenters. The summed E-state index contributed by atoms with van der Waals surface area (Å²) in [4.78, 5) is 0. The van der Waals surface area contributed by atoms with Crippen molar-refractivity contribution < 1.29 is 9.84 Å². The van der Waals surface area contributed by atoms with Gasteiger partial charge < -0.3 is 9.84 Å². The van der Waals surface area contributed by atoms with Gasteiger partial charge in [0, 0.05) is 0 Å². The van der Waals surface area contributed by atoms with Crippen LogP contribution in [-0.4, -0.2) is 23.9 Å². The van der Waals surface area contributed by atoms with Crippen LogP contribution in [0.1, 0.15) is 41.0 Å². The molecule has 13 heavy (non-hydrogen) atoms. The van der Waals surface area contributed by atoms with Gasteiger partial charge in [-0.1, -0.05) is 34.1 Å². The third-order valence-corrected chi connectivity index (χ3v) is 2.39. The summed E-state index contributed by atoms with van der Waals surface area (Å²) in [6.45, 7) is 10.9. The zero-order chi connectivity index (χ0) is 10.4. The number of hydrogen-bond donors (Lipinski definition) is 1. The summed E-state index contributed by atoms with van der Waals surface area (Å²) in [5.74, 6) is 1.09. The molecular formula is C11H24O2. The zero-order valence-electron chi connectivity index (χ0n) is 9.58. The highest BCUT2D eigenvalue weighted by Crippen LogP contribution is 2.19. The van der Waals surface area contributed by atoms with Gasteiger partial charge in [0.1, 0.15) is 0 Å². The Morgan fingerprint density at radius 2 is 1.69 bits per heavy atom. The summed E-state index contributed by atoms with van der Waals surface area (Å²) in [7, 11) is 0. The van der Waals surface area contributed by atoms with Crippen LogP contribution in [0.5, 0.6) is 0 Å². The summed E-state index contributed by atoms with van der Waals surface area (Å²) >= 11 is 0. The van der Waals surface area contributed by atoms with E-state index in [0.29, 0.717) is 18.4 Å². The molecule has 2 nitrogen and oxygen atoms in total. The second-order valence-electron chi connectivity index (χ2n) is 4.28. The molecule has 0 saturated carbocycles. The lowest BCUT2D eigenvalue weighted by Crippen LogP contribution is -2.30. The summed E-state index contributed by atoms with van der Waals surface area (Å²) in [6, 6.07) is 0. The van der Waals surface area contributed by atoms with E-state index in [1.165, 1.54) is 0 Å². The van der Waals surface area contributed by atoms with Crippen molar-refractivity contribution in [3.8, 4) is 0 Å². The lowest BCUT2D eigenvalue weighted by atomic mass is 9.93. The molecule has 0 fully saturated rings. The minimum Gasteiger partial charge on any atom is -0.391 e. The third kappa shape index (κ3) is 5.27. The fourth-order valence-corrected chi connectivity index (χ4v) is 1.50. The van der Waals surface area contributed by atoms with Crippen molar-refractivity contribution in [2.75, 3.05) is 6.61 Å². The molecule has 0 radical (unpaired) electrons. The molecule has 0 bridgehead atoms. The summed E-state index contributed by atoms with van der Waals surface area (Å²) in [5, 5.41) is 9.11. The van der Waals surface area contributed by atoms with Crippen LogP contribution >= 0.6 is 0 Å². The normalized spacial score (nSPS) is 18.7. The molecule has 0 spiro atoms. The lowest BCUT2D eigenvalue weighted by molar-refractivity contribution is -0.0485. The van der Waals surface area contributed by atoms with E-state index >= 15 is 0 Å². The highest BCUT2D eigenvalue weighted by atomic mass is 16.5. The van der Waals surface area contributed by atoms with E-state index in [-0.39, 0.29) is 12.2 Å². The van der Waals surface area contributed by atoms with Gasteiger partial charge in [-0.15, -0.1) is 0 Å². The highest BCUT2D eigenvalue weighted by molar-refractivity contribution is 4.69. The average Bonchev–Trinajstić information content (AvgIpc) is 2.03. The Morgan fingerprint density at radius 1 is 1.15 bits per heavy atom. The van der Waals surface area contributed by atoms with Crippen LogP contribution in [-0.2, 0) is 4.74 Å². The zero-order valence-corrected chi connectivity index (χ0v) is 9.58. The number of aliphatic hydroxyl groups is 1. The van der Waals surface area contributed by atoms with E-state index in [1.54, 1.807) is 6.92 Å². The van der Waals surface area contributed by atoms with Crippen LogP contribution in [0.3, 0.4) is 0 Å². The molecule has 0 aromatic carbocycles. The topological polar surface area (TPSA) is 29.5 Å². The molecule has 0 aliphatic rings. The molecule has 0 rings (SSSR count). The second kappa shape index (κ2) is 6.39. The van der Waals surface area contributed by atoms with E-state index in [0.717, 1.165) is 6.42 Å². The first-order chi connectivity index (χ1) is 5.99. The van der Waals surface area contributed by atoms with Gasteiger partial charge in [0.15, 0.2) is 0 Å². The van der Waals surface area contributed by atoms with E-state index in [1.807, 2.05) is 0 Å². The molecule has 0 aliphatic carbocycles. The molecule has 0 aromatic rings. The van der Waals surface area contributed by atoms with Gasteiger partial charge in [0.05, 0.1) is 18.8 Å². The Kier molecular flexibility index (Phi) is 6.35. The number of rotatable bonds is 6. The van der Waals surface area contributed by atoms with Gasteiger partial charge in [-0.25, -0.2) is 0 Å². The summed E-state index contributed by atoms with van der Waals surface area (Å²) in [6.07, 6.45) is 1.05. The minimum atomic E-state index is -0.356. The predicted molar refractivity (Wildman–Crippen MR) is 55.7 cm³/mol. The van der Waals surface area contributed by atoms with Gasteiger partial charge in [-0.05, 0) is 18.8 Å². The van der Waals surface area contributed by atoms with Crippen LogP contribution < -0.4 is 0 Å². The maximum atomic E-state index is 9.11. The van der Waals surface area contributed by atoms with Crippen molar-refractivity contribution in [3.63, 3.8) is 0 Å².